The molecule has 1 atom stereocenters. The van der Waals surface area contributed by atoms with Gasteiger partial charge in [0.1, 0.15) is 11.8 Å². The molecule has 0 aliphatic heterocycles. The van der Waals surface area contributed by atoms with Crippen LogP contribution in [-0.2, 0) is 14.8 Å². The first-order valence-corrected chi connectivity index (χ1v) is 10.4. The third-order valence-electron chi connectivity index (χ3n) is 3.69. The van der Waals surface area contributed by atoms with Crippen LogP contribution >= 0.6 is 0 Å². The molecule has 2 rings (SSSR count). The number of rotatable bonds is 8. The normalized spacial score (nSPS) is 13.0. The van der Waals surface area contributed by atoms with E-state index in [9.17, 15) is 26.4 Å². The van der Waals surface area contributed by atoms with Crippen LogP contribution in [0, 0.1) is 0 Å². The second-order valence-electron chi connectivity index (χ2n) is 6.73. The Morgan fingerprint density at radius 1 is 0.933 bits per heavy atom. The Labute approximate surface area is 172 Å². The molecule has 0 heterocycles. The van der Waals surface area contributed by atoms with E-state index >= 15 is 0 Å². The van der Waals surface area contributed by atoms with Crippen molar-refractivity contribution in [3.63, 3.8) is 0 Å². The summed E-state index contributed by atoms with van der Waals surface area (Å²) in [5, 5.41) is 5.49. The fraction of sp³-hybridized carbons (Fsp3) is 0.316. The molecule has 2 aromatic rings. The summed E-state index contributed by atoms with van der Waals surface area (Å²) in [4.78, 5) is 12.4. The summed E-state index contributed by atoms with van der Waals surface area (Å²) in [6.45, 7) is 4.98. The van der Waals surface area contributed by atoms with Crippen LogP contribution in [0.3, 0.4) is 0 Å². The number of sulfonamides is 1. The number of hydrogen-bond acceptors (Lipinski definition) is 5. The molecule has 0 saturated carbocycles. The first kappa shape index (κ1) is 23.5. The maximum Gasteiger partial charge on any atom is 0.573 e. The van der Waals surface area contributed by atoms with Crippen molar-refractivity contribution in [1.82, 2.24) is 4.72 Å². The third-order valence-corrected chi connectivity index (χ3v) is 5.36. The van der Waals surface area contributed by atoms with Crippen LogP contribution < -0.4 is 20.1 Å². The molecule has 2 aromatic carbocycles. The van der Waals surface area contributed by atoms with Crippen molar-refractivity contribution in [3.05, 3.63) is 48.5 Å². The van der Waals surface area contributed by atoms with Crippen LogP contribution in [-0.4, -0.2) is 32.8 Å². The summed E-state index contributed by atoms with van der Waals surface area (Å²) in [5.74, 6) is -0.784. The van der Waals surface area contributed by atoms with Gasteiger partial charge in [-0.2, -0.15) is 0 Å². The number of ether oxygens (including phenoxy) is 1. The van der Waals surface area contributed by atoms with Crippen molar-refractivity contribution in [1.29, 1.82) is 0 Å². The molecule has 11 heteroatoms. The number of benzene rings is 2. The molecule has 1 amide bonds. The number of nitrogens with one attached hydrogen (secondary N) is 3. The fourth-order valence-corrected chi connectivity index (χ4v) is 3.67. The van der Waals surface area contributed by atoms with Gasteiger partial charge in [-0.05, 0) is 69.3 Å². The van der Waals surface area contributed by atoms with Gasteiger partial charge in [0, 0.05) is 17.4 Å². The highest BCUT2D eigenvalue weighted by Gasteiger charge is 2.31. The van der Waals surface area contributed by atoms with E-state index in [-0.39, 0.29) is 16.7 Å². The van der Waals surface area contributed by atoms with Gasteiger partial charge in [0.05, 0.1) is 4.90 Å². The van der Waals surface area contributed by atoms with Crippen LogP contribution in [0.5, 0.6) is 5.75 Å². The van der Waals surface area contributed by atoms with E-state index in [2.05, 4.69) is 20.1 Å². The minimum atomic E-state index is -4.78. The van der Waals surface area contributed by atoms with Crippen molar-refractivity contribution >= 4 is 27.3 Å². The number of carbonyl (C=O) groups excluding carboxylic acids is 1. The van der Waals surface area contributed by atoms with Crippen LogP contribution in [0.2, 0.25) is 0 Å². The van der Waals surface area contributed by atoms with Crippen molar-refractivity contribution in [2.45, 2.75) is 44.1 Å². The maximum absolute atomic E-state index is 12.3. The highest BCUT2D eigenvalue weighted by atomic mass is 32.2. The number of hydrogen-bond donors (Lipinski definition) is 3. The van der Waals surface area contributed by atoms with Crippen molar-refractivity contribution < 1.29 is 31.1 Å². The molecular weight excluding hydrogens is 423 g/mol. The smallest absolute Gasteiger partial charge is 0.406 e. The second kappa shape index (κ2) is 9.35. The Morgan fingerprint density at radius 3 is 1.97 bits per heavy atom. The van der Waals surface area contributed by atoms with E-state index < -0.39 is 28.3 Å². The Hall–Kier alpha value is -2.79. The van der Waals surface area contributed by atoms with Gasteiger partial charge in [-0.25, -0.2) is 13.1 Å². The maximum atomic E-state index is 12.3. The van der Waals surface area contributed by atoms with E-state index in [0.717, 1.165) is 12.1 Å². The topological polar surface area (TPSA) is 96.5 Å². The summed E-state index contributed by atoms with van der Waals surface area (Å²) in [7, 11) is -3.63. The van der Waals surface area contributed by atoms with Gasteiger partial charge in [0.25, 0.3) is 0 Å². The molecule has 0 aliphatic carbocycles. The van der Waals surface area contributed by atoms with Gasteiger partial charge in [0.15, 0.2) is 0 Å². The molecule has 0 radical (unpaired) electrons. The molecule has 164 valence electrons. The van der Waals surface area contributed by atoms with E-state index in [1.165, 1.54) is 36.4 Å². The fourth-order valence-electron chi connectivity index (χ4n) is 2.41. The van der Waals surface area contributed by atoms with Crippen LogP contribution in [0.15, 0.2) is 53.4 Å². The first-order valence-electron chi connectivity index (χ1n) is 8.91. The zero-order valence-corrected chi connectivity index (χ0v) is 17.3. The lowest BCUT2D eigenvalue weighted by atomic mass is 10.2. The quantitative estimate of drug-likeness (QED) is 0.576. The number of halogens is 3. The van der Waals surface area contributed by atoms with Crippen molar-refractivity contribution in [2.24, 2.45) is 0 Å². The van der Waals surface area contributed by atoms with Gasteiger partial charge in [0.2, 0.25) is 15.9 Å². The Bertz CT molecular complexity index is 960. The molecule has 30 heavy (non-hydrogen) atoms. The summed E-state index contributed by atoms with van der Waals surface area (Å²) in [6.07, 6.45) is -4.78. The Kier molecular flexibility index (Phi) is 7.32. The Morgan fingerprint density at radius 2 is 1.47 bits per heavy atom. The van der Waals surface area contributed by atoms with E-state index in [1.54, 1.807) is 20.8 Å². The molecule has 0 saturated heterocycles. The van der Waals surface area contributed by atoms with E-state index in [4.69, 9.17) is 0 Å². The molecule has 0 fully saturated rings. The minimum Gasteiger partial charge on any atom is -0.406 e. The number of carbonyl (C=O) groups is 1. The van der Waals surface area contributed by atoms with Crippen LogP contribution in [0.1, 0.15) is 20.8 Å². The van der Waals surface area contributed by atoms with Gasteiger partial charge in [-0.1, -0.05) is 0 Å². The summed E-state index contributed by atoms with van der Waals surface area (Å²) >= 11 is 0. The molecule has 0 bridgehead atoms. The molecule has 0 spiro atoms. The van der Waals surface area contributed by atoms with Gasteiger partial charge in [-0.15, -0.1) is 13.2 Å². The third kappa shape index (κ3) is 7.23. The predicted octanol–water partition coefficient (Wildman–Crippen LogP) is 3.71. The SMILES string of the molecule is CC(C)NS(=O)(=O)c1ccc(NC(=O)[C@@H](C)Nc2ccc(OC(F)(F)F)cc2)cc1. The van der Waals surface area contributed by atoms with Crippen LogP contribution in [0.25, 0.3) is 0 Å². The average molecular weight is 445 g/mol. The number of anilines is 2. The summed E-state index contributed by atoms with van der Waals surface area (Å²) in [6, 6.07) is 9.66. The molecule has 0 aliphatic rings. The average Bonchev–Trinajstić information content (AvgIpc) is 2.61. The standard InChI is InChI=1S/C19H22F3N3O4S/c1-12(2)25-30(27,28)17-10-6-15(7-11-17)24-18(26)13(3)23-14-4-8-16(9-5-14)29-19(20,21)22/h4-13,23,25H,1-3H3,(H,24,26)/t13-/m1/s1. The minimum absolute atomic E-state index is 0.0709. The van der Waals surface area contributed by atoms with E-state index in [1.807, 2.05) is 0 Å². The van der Waals surface area contributed by atoms with Gasteiger partial charge in [-0.3, -0.25) is 4.79 Å². The van der Waals surface area contributed by atoms with Crippen molar-refractivity contribution in [2.75, 3.05) is 10.6 Å². The largest absolute Gasteiger partial charge is 0.573 e. The lowest BCUT2D eigenvalue weighted by Gasteiger charge is -2.16. The molecular formula is C19H22F3N3O4S. The zero-order valence-electron chi connectivity index (χ0n) is 16.4. The number of amides is 1. The first-order chi connectivity index (χ1) is 13.9. The number of alkyl halides is 3. The van der Waals surface area contributed by atoms with Crippen molar-refractivity contribution in [3.8, 4) is 5.75 Å². The predicted molar refractivity (Wildman–Crippen MR) is 107 cm³/mol. The monoisotopic (exact) mass is 445 g/mol. The summed E-state index contributed by atoms with van der Waals surface area (Å²) < 4.78 is 67.0. The highest BCUT2D eigenvalue weighted by Crippen LogP contribution is 2.24. The zero-order chi connectivity index (χ0) is 22.5. The molecule has 0 unspecified atom stereocenters. The van der Waals surface area contributed by atoms with Gasteiger partial charge >= 0.3 is 6.36 Å². The second-order valence-corrected chi connectivity index (χ2v) is 8.44. The lowest BCUT2D eigenvalue weighted by molar-refractivity contribution is -0.274. The Balaban J connectivity index is 1.96. The molecule has 7 nitrogen and oxygen atoms in total. The summed E-state index contributed by atoms with van der Waals surface area (Å²) in [5.41, 5.74) is 0.819. The molecule has 3 N–H and O–H groups in total. The van der Waals surface area contributed by atoms with Gasteiger partial charge < -0.3 is 15.4 Å². The lowest BCUT2D eigenvalue weighted by Crippen LogP contribution is -2.32. The van der Waals surface area contributed by atoms with E-state index in [0.29, 0.717) is 11.4 Å². The van der Waals surface area contributed by atoms with Crippen LogP contribution in [0.4, 0.5) is 24.5 Å². The highest BCUT2D eigenvalue weighted by molar-refractivity contribution is 7.89. The molecule has 0 aromatic heterocycles.